The van der Waals surface area contributed by atoms with Crippen LogP contribution in [0.15, 0.2) is 53.4 Å². The van der Waals surface area contributed by atoms with Gasteiger partial charge < -0.3 is 9.42 Å². The van der Waals surface area contributed by atoms with E-state index in [-0.39, 0.29) is 11.9 Å². The molecule has 0 N–H and O–H groups in total. The highest BCUT2D eigenvalue weighted by atomic mass is 16.5. The van der Waals surface area contributed by atoms with Crippen molar-refractivity contribution < 1.29 is 9.32 Å². The average Bonchev–Trinajstić information content (AvgIpc) is 3.54. The molecule has 1 aliphatic heterocycles. The minimum absolute atomic E-state index is 0.0991. The van der Waals surface area contributed by atoms with Crippen molar-refractivity contribution in [3.8, 4) is 17.1 Å². The Balaban J connectivity index is 1.47. The second-order valence-electron chi connectivity index (χ2n) is 7.64. The highest BCUT2D eigenvalue weighted by Crippen LogP contribution is 2.34. The number of hydrogen-bond donors (Lipinski definition) is 0. The first-order valence-corrected chi connectivity index (χ1v) is 10.1. The Hall–Kier alpha value is -3.88. The van der Waals surface area contributed by atoms with Crippen LogP contribution < -0.4 is 0 Å². The highest BCUT2D eigenvalue weighted by molar-refractivity contribution is 5.98. The number of benzene rings is 1. The molecule has 0 radical (unpaired) electrons. The first-order valence-electron chi connectivity index (χ1n) is 10.1. The van der Waals surface area contributed by atoms with Crippen LogP contribution in [0.25, 0.3) is 17.1 Å². The van der Waals surface area contributed by atoms with Crippen molar-refractivity contribution in [3.63, 3.8) is 0 Å². The van der Waals surface area contributed by atoms with Crippen LogP contribution in [0.2, 0.25) is 0 Å². The van der Waals surface area contributed by atoms with E-state index < -0.39 is 0 Å². The number of pyridine rings is 1. The van der Waals surface area contributed by atoms with E-state index in [0.29, 0.717) is 29.5 Å². The molecule has 1 saturated heterocycles. The molecule has 0 bridgehead atoms. The summed E-state index contributed by atoms with van der Waals surface area (Å²) < 4.78 is 5.58. The topological polar surface area (TPSA) is 103 Å². The Morgan fingerprint density at radius 1 is 1.10 bits per heavy atom. The third-order valence-electron chi connectivity index (χ3n) is 5.41. The fourth-order valence-electron chi connectivity index (χ4n) is 3.93. The molecule has 4 aromatic rings. The molecule has 0 spiro atoms. The number of nitrogens with zero attached hydrogens (tertiary/aromatic N) is 7. The van der Waals surface area contributed by atoms with Gasteiger partial charge in [-0.05, 0) is 51.0 Å². The monoisotopic (exact) mass is 415 g/mol. The second kappa shape index (κ2) is 7.75. The molecule has 1 aliphatic rings. The second-order valence-corrected chi connectivity index (χ2v) is 7.64. The van der Waals surface area contributed by atoms with E-state index >= 15 is 0 Å². The molecular weight excluding hydrogens is 394 g/mol. The molecule has 156 valence electrons. The summed E-state index contributed by atoms with van der Waals surface area (Å²) in [5.74, 6) is 0.844. The van der Waals surface area contributed by atoms with Crippen molar-refractivity contribution in [2.24, 2.45) is 0 Å². The molecule has 1 amide bonds. The van der Waals surface area contributed by atoms with Gasteiger partial charge in [0.15, 0.2) is 0 Å². The molecule has 1 aromatic carbocycles. The lowest BCUT2D eigenvalue weighted by Gasteiger charge is -2.23. The predicted molar refractivity (Wildman–Crippen MR) is 111 cm³/mol. The van der Waals surface area contributed by atoms with Crippen LogP contribution in [0.1, 0.15) is 46.4 Å². The van der Waals surface area contributed by atoms with Gasteiger partial charge in [0, 0.05) is 24.0 Å². The molecular formula is C22H21N7O2. The minimum Gasteiger partial charge on any atom is -0.337 e. The maximum Gasteiger partial charge on any atom is 0.256 e. The Morgan fingerprint density at radius 2 is 1.94 bits per heavy atom. The fourth-order valence-corrected chi connectivity index (χ4v) is 3.93. The molecule has 5 rings (SSSR count). The SMILES string of the molecule is Cc1ccc(-n2nccn2)c(C(=O)N2CCCC2c2nc(-c3ccnc(C)c3)no2)c1. The summed E-state index contributed by atoms with van der Waals surface area (Å²) >= 11 is 0. The standard InChI is InChI=1S/C22H21N7O2/c1-14-5-6-18(29-24-9-10-25-29)17(12-14)22(30)28-11-3-4-19(28)21-26-20(27-31-21)16-7-8-23-15(2)13-16/h5-10,12-13,19H,3-4,11H2,1-2H3. The van der Waals surface area contributed by atoms with Gasteiger partial charge in [0.05, 0.1) is 23.6 Å². The molecule has 3 aromatic heterocycles. The summed E-state index contributed by atoms with van der Waals surface area (Å²) in [6.07, 6.45) is 6.53. The van der Waals surface area contributed by atoms with Crippen LogP contribution in [-0.4, -0.2) is 47.5 Å². The van der Waals surface area contributed by atoms with Gasteiger partial charge in [-0.1, -0.05) is 16.8 Å². The smallest absolute Gasteiger partial charge is 0.256 e. The third kappa shape index (κ3) is 3.58. The number of rotatable bonds is 4. The van der Waals surface area contributed by atoms with Gasteiger partial charge in [0.1, 0.15) is 6.04 Å². The van der Waals surface area contributed by atoms with Crippen molar-refractivity contribution >= 4 is 5.91 Å². The van der Waals surface area contributed by atoms with Gasteiger partial charge in [-0.3, -0.25) is 9.78 Å². The van der Waals surface area contributed by atoms with Gasteiger partial charge in [0.2, 0.25) is 11.7 Å². The first-order chi connectivity index (χ1) is 15.1. The Morgan fingerprint density at radius 3 is 2.74 bits per heavy atom. The van der Waals surface area contributed by atoms with Crippen molar-refractivity contribution in [1.29, 1.82) is 0 Å². The Kier molecular flexibility index (Phi) is 4.78. The van der Waals surface area contributed by atoms with Crippen molar-refractivity contribution in [2.75, 3.05) is 6.54 Å². The minimum atomic E-state index is -0.268. The van der Waals surface area contributed by atoms with E-state index in [4.69, 9.17) is 4.52 Å². The predicted octanol–water partition coefficient (Wildman–Crippen LogP) is 3.31. The van der Waals surface area contributed by atoms with Crippen LogP contribution in [0.4, 0.5) is 0 Å². The lowest BCUT2D eigenvalue weighted by Crippen LogP contribution is -2.31. The summed E-state index contributed by atoms with van der Waals surface area (Å²) in [7, 11) is 0. The van der Waals surface area contributed by atoms with E-state index in [2.05, 4.69) is 25.3 Å². The molecule has 4 heterocycles. The van der Waals surface area contributed by atoms with Crippen molar-refractivity contribution in [1.82, 2.24) is 35.0 Å². The van der Waals surface area contributed by atoms with E-state index in [1.54, 1.807) is 23.5 Å². The zero-order valence-corrected chi connectivity index (χ0v) is 17.3. The summed E-state index contributed by atoms with van der Waals surface area (Å²) in [5, 5.41) is 12.5. The number of likely N-dealkylation sites (tertiary alicyclic amines) is 1. The molecule has 1 unspecified atom stereocenters. The number of amides is 1. The summed E-state index contributed by atoms with van der Waals surface area (Å²) in [6.45, 7) is 4.49. The van der Waals surface area contributed by atoms with Crippen molar-refractivity contribution in [2.45, 2.75) is 32.7 Å². The first kappa shape index (κ1) is 19.1. The largest absolute Gasteiger partial charge is 0.337 e. The number of aryl methyl sites for hydroxylation is 2. The van der Waals surface area contributed by atoms with Crippen LogP contribution >= 0.6 is 0 Å². The Bertz CT molecular complexity index is 1230. The van der Waals surface area contributed by atoms with Gasteiger partial charge in [0.25, 0.3) is 5.91 Å². The number of carbonyl (C=O) groups excluding carboxylic acids is 1. The summed E-state index contributed by atoms with van der Waals surface area (Å²) in [6, 6.07) is 9.16. The molecule has 9 nitrogen and oxygen atoms in total. The molecule has 9 heteroatoms. The number of carbonyl (C=O) groups is 1. The van der Waals surface area contributed by atoms with E-state index in [1.165, 1.54) is 4.80 Å². The van der Waals surface area contributed by atoms with Crippen LogP contribution in [0.3, 0.4) is 0 Å². The van der Waals surface area contributed by atoms with Crippen LogP contribution in [0, 0.1) is 13.8 Å². The highest BCUT2D eigenvalue weighted by Gasteiger charge is 2.35. The van der Waals surface area contributed by atoms with Crippen LogP contribution in [-0.2, 0) is 0 Å². The van der Waals surface area contributed by atoms with E-state index in [0.717, 1.165) is 29.7 Å². The van der Waals surface area contributed by atoms with Crippen LogP contribution in [0.5, 0.6) is 0 Å². The van der Waals surface area contributed by atoms with Crippen molar-refractivity contribution in [3.05, 3.63) is 71.6 Å². The summed E-state index contributed by atoms with van der Waals surface area (Å²) in [5.41, 5.74) is 3.89. The molecule has 1 atom stereocenters. The number of aromatic nitrogens is 6. The van der Waals surface area contributed by atoms with Gasteiger partial charge in [-0.15, -0.1) is 0 Å². The normalized spacial score (nSPS) is 16.1. The lowest BCUT2D eigenvalue weighted by molar-refractivity contribution is 0.0709. The Labute approximate surface area is 178 Å². The zero-order valence-electron chi connectivity index (χ0n) is 17.3. The molecule has 1 fully saturated rings. The fraction of sp³-hybridized carbons (Fsp3) is 0.273. The molecule has 31 heavy (non-hydrogen) atoms. The lowest BCUT2D eigenvalue weighted by atomic mass is 10.1. The van der Waals surface area contributed by atoms with E-state index in [1.807, 2.05) is 44.2 Å². The maximum atomic E-state index is 13.6. The quantitative estimate of drug-likeness (QED) is 0.504. The molecule has 0 aliphatic carbocycles. The van der Waals surface area contributed by atoms with E-state index in [9.17, 15) is 4.79 Å². The summed E-state index contributed by atoms with van der Waals surface area (Å²) in [4.78, 5) is 25.6. The van der Waals surface area contributed by atoms with Gasteiger partial charge in [-0.2, -0.15) is 20.0 Å². The average molecular weight is 415 g/mol. The van der Waals surface area contributed by atoms with Gasteiger partial charge in [-0.25, -0.2) is 0 Å². The maximum absolute atomic E-state index is 13.6. The third-order valence-corrected chi connectivity index (χ3v) is 5.41. The zero-order chi connectivity index (χ0) is 21.4. The molecule has 0 saturated carbocycles. The number of hydrogen-bond acceptors (Lipinski definition) is 7. The van der Waals surface area contributed by atoms with Gasteiger partial charge >= 0.3 is 0 Å².